The molecule has 0 unspecified atom stereocenters. The van der Waals surface area contributed by atoms with Crippen LogP contribution in [0.3, 0.4) is 0 Å². The highest BCUT2D eigenvalue weighted by Gasteiger charge is 2.00. The molecule has 2 rings (SSSR count). The van der Waals surface area contributed by atoms with E-state index < -0.39 is 0 Å². The van der Waals surface area contributed by atoms with Crippen LogP contribution < -0.4 is 0 Å². The van der Waals surface area contributed by atoms with Gasteiger partial charge in [-0.3, -0.25) is 0 Å². The number of oxime groups is 1. The fraction of sp³-hybridized carbons (Fsp3) is 0.0909. The predicted octanol–water partition coefficient (Wildman–Crippen LogP) is 2.43. The maximum Gasteiger partial charge on any atom is 0.102 e. The van der Waals surface area contributed by atoms with Crippen molar-refractivity contribution >= 4 is 16.6 Å². The summed E-state index contributed by atoms with van der Waals surface area (Å²) in [6.45, 7) is 1.72. The largest absolute Gasteiger partial charge is 0.411 e. The maximum absolute atomic E-state index is 8.61. The van der Waals surface area contributed by atoms with Gasteiger partial charge in [0.15, 0.2) is 0 Å². The van der Waals surface area contributed by atoms with Crippen molar-refractivity contribution < 1.29 is 5.21 Å². The molecule has 0 atom stereocenters. The van der Waals surface area contributed by atoms with Crippen molar-refractivity contribution in [2.24, 2.45) is 5.16 Å². The van der Waals surface area contributed by atoms with Crippen LogP contribution in [0.2, 0.25) is 0 Å². The molecule has 3 heteroatoms. The number of benzene rings is 1. The zero-order valence-electron chi connectivity index (χ0n) is 7.81. The highest BCUT2D eigenvalue weighted by molar-refractivity contribution is 5.98. The lowest BCUT2D eigenvalue weighted by molar-refractivity contribution is 0.319. The van der Waals surface area contributed by atoms with Gasteiger partial charge in [-0.25, -0.2) is 4.98 Å². The first-order valence-corrected chi connectivity index (χ1v) is 4.36. The quantitative estimate of drug-likeness (QED) is 0.422. The third kappa shape index (κ3) is 1.44. The molecule has 0 aliphatic rings. The molecule has 0 saturated heterocycles. The first kappa shape index (κ1) is 8.69. The minimum absolute atomic E-state index is 0.524. The second kappa shape index (κ2) is 3.46. The molecular weight excluding hydrogens is 176 g/mol. The summed E-state index contributed by atoms with van der Waals surface area (Å²) < 4.78 is 0. The monoisotopic (exact) mass is 186 g/mol. The van der Waals surface area contributed by atoms with E-state index in [4.69, 9.17) is 5.21 Å². The van der Waals surface area contributed by atoms with E-state index in [0.717, 1.165) is 10.9 Å². The summed E-state index contributed by atoms with van der Waals surface area (Å²) in [5, 5.41) is 12.8. The summed E-state index contributed by atoms with van der Waals surface area (Å²) >= 11 is 0. The Bertz CT molecular complexity index is 491. The van der Waals surface area contributed by atoms with Crippen LogP contribution >= 0.6 is 0 Å². The molecule has 0 aliphatic heterocycles. The van der Waals surface area contributed by atoms with Gasteiger partial charge in [-0.05, 0) is 19.1 Å². The maximum atomic E-state index is 8.61. The summed E-state index contributed by atoms with van der Waals surface area (Å²) in [6, 6.07) is 11.6. The molecule has 1 aromatic carbocycles. The predicted molar refractivity (Wildman–Crippen MR) is 55.7 cm³/mol. The topological polar surface area (TPSA) is 45.5 Å². The van der Waals surface area contributed by atoms with Gasteiger partial charge in [-0.15, -0.1) is 0 Å². The van der Waals surface area contributed by atoms with Gasteiger partial charge in [-0.1, -0.05) is 29.4 Å². The van der Waals surface area contributed by atoms with Crippen molar-refractivity contribution in [2.45, 2.75) is 6.92 Å². The molecule has 0 saturated carbocycles. The lowest BCUT2D eigenvalue weighted by atomic mass is 10.2. The second-order valence-electron chi connectivity index (χ2n) is 3.07. The summed E-state index contributed by atoms with van der Waals surface area (Å²) in [6.07, 6.45) is 0. The average Bonchev–Trinajstić information content (AvgIpc) is 2.27. The van der Waals surface area contributed by atoms with Gasteiger partial charge in [-0.2, -0.15) is 0 Å². The molecule has 3 nitrogen and oxygen atoms in total. The van der Waals surface area contributed by atoms with Crippen molar-refractivity contribution in [3.63, 3.8) is 0 Å². The first-order chi connectivity index (χ1) is 6.81. The molecule has 0 radical (unpaired) electrons. The Kier molecular flexibility index (Phi) is 2.14. The first-order valence-electron chi connectivity index (χ1n) is 4.36. The Balaban J connectivity index is 2.62. The normalized spacial score (nSPS) is 11.9. The zero-order valence-corrected chi connectivity index (χ0v) is 7.81. The van der Waals surface area contributed by atoms with Crippen molar-refractivity contribution in [1.82, 2.24) is 4.98 Å². The number of nitrogens with zero attached hydrogens (tertiary/aromatic N) is 2. The van der Waals surface area contributed by atoms with E-state index >= 15 is 0 Å². The van der Waals surface area contributed by atoms with Crippen LogP contribution in [0.4, 0.5) is 0 Å². The standard InChI is InChI=1S/C11H10N2O/c1-8(13-14)10-7-6-9-4-2-3-5-11(9)12-10/h2-7,14H,1H3/b13-8+. The number of pyridine rings is 1. The number of fused-ring (bicyclic) bond motifs is 1. The summed E-state index contributed by atoms with van der Waals surface area (Å²) in [7, 11) is 0. The molecular formula is C11H10N2O. The minimum Gasteiger partial charge on any atom is -0.411 e. The van der Waals surface area contributed by atoms with E-state index in [0.29, 0.717) is 11.4 Å². The molecule has 0 spiro atoms. The second-order valence-corrected chi connectivity index (χ2v) is 3.07. The smallest absolute Gasteiger partial charge is 0.102 e. The van der Waals surface area contributed by atoms with Gasteiger partial charge < -0.3 is 5.21 Å². The van der Waals surface area contributed by atoms with E-state index in [-0.39, 0.29) is 0 Å². The van der Waals surface area contributed by atoms with E-state index in [1.807, 2.05) is 36.4 Å². The fourth-order valence-electron chi connectivity index (χ4n) is 1.32. The zero-order chi connectivity index (χ0) is 9.97. The molecule has 14 heavy (non-hydrogen) atoms. The molecule has 1 heterocycles. The van der Waals surface area contributed by atoms with Crippen LogP contribution in [0.15, 0.2) is 41.6 Å². The van der Waals surface area contributed by atoms with Crippen molar-refractivity contribution in [3.8, 4) is 0 Å². The summed E-state index contributed by atoms with van der Waals surface area (Å²) in [5.74, 6) is 0. The van der Waals surface area contributed by atoms with Gasteiger partial charge >= 0.3 is 0 Å². The van der Waals surface area contributed by atoms with Crippen LogP contribution in [-0.2, 0) is 0 Å². The summed E-state index contributed by atoms with van der Waals surface area (Å²) in [4.78, 5) is 4.36. The van der Waals surface area contributed by atoms with Gasteiger partial charge in [0.1, 0.15) is 5.71 Å². The molecule has 70 valence electrons. The number of rotatable bonds is 1. The van der Waals surface area contributed by atoms with Crippen LogP contribution in [-0.4, -0.2) is 15.9 Å². The molecule has 1 aromatic heterocycles. The van der Waals surface area contributed by atoms with E-state index in [1.54, 1.807) is 6.92 Å². The number of hydrogen-bond donors (Lipinski definition) is 1. The Morgan fingerprint density at radius 2 is 2.00 bits per heavy atom. The van der Waals surface area contributed by atoms with E-state index in [2.05, 4.69) is 10.1 Å². The molecule has 2 aromatic rings. The van der Waals surface area contributed by atoms with Crippen LogP contribution in [0.1, 0.15) is 12.6 Å². The summed E-state index contributed by atoms with van der Waals surface area (Å²) in [5.41, 5.74) is 2.13. The van der Waals surface area contributed by atoms with Crippen molar-refractivity contribution in [3.05, 3.63) is 42.1 Å². The number of para-hydroxylation sites is 1. The van der Waals surface area contributed by atoms with Crippen LogP contribution in [0.5, 0.6) is 0 Å². The van der Waals surface area contributed by atoms with Gasteiger partial charge in [0.2, 0.25) is 0 Å². The van der Waals surface area contributed by atoms with Gasteiger partial charge in [0.05, 0.1) is 11.2 Å². The Morgan fingerprint density at radius 1 is 1.21 bits per heavy atom. The van der Waals surface area contributed by atoms with Gasteiger partial charge in [0, 0.05) is 5.39 Å². The molecule has 0 bridgehead atoms. The Hall–Kier alpha value is -1.90. The highest BCUT2D eigenvalue weighted by Crippen LogP contribution is 2.11. The van der Waals surface area contributed by atoms with Gasteiger partial charge in [0.25, 0.3) is 0 Å². The highest BCUT2D eigenvalue weighted by atomic mass is 16.4. The third-order valence-corrected chi connectivity index (χ3v) is 2.12. The third-order valence-electron chi connectivity index (χ3n) is 2.12. The molecule has 0 aliphatic carbocycles. The van der Waals surface area contributed by atoms with E-state index in [1.165, 1.54) is 0 Å². The van der Waals surface area contributed by atoms with E-state index in [9.17, 15) is 0 Å². The average molecular weight is 186 g/mol. The lowest BCUT2D eigenvalue weighted by Gasteiger charge is -2.00. The van der Waals surface area contributed by atoms with Crippen LogP contribution in [0.25, 0.3) is 10.9 Å². The van der Waals surface area contributed by atoms with Crippen molar-refractivity contribution in [2.75, 3.05) is 0 Å². The minimum atomic E-state index is 0.524. The number of aromatic nitrogens is 1. The Morgan fingerprint density at radius 3 is 2.79 bits per heavy atom. The lowest BCUT2D eigenvalue weighted by Crippen LogP contribution is -1.97. The molecule has 1 N–H and O–H groups in total. The number of hydrogen-bond acceptors (Lipinski definition) is 3. The SMILES string of the molecule is C/C(=N\O)c1ccc2ccccc2n1. The van der Waals surface area contributed by atoms with Crippen LogP contribution in [0, 0.1) is 0 Å². The molecule has 0 amide bonds. The Labute approximate surface area is 81.7 Å². The van der Waals surface area contributed by atoms with Crippen molar-refractivity contribution in [1.29, 1.82) is 0 Å². The fourth-order valence-corrected chi connectivity index (χ4v) is 1.32. The molecule has 0 fully saturated rings.